The average molecular weight is 283 g/mol. The van der Waals surface area contributed by atoms with Crippen molar-refractivity contribution in [1.29, 1.82) is 5.26 Å². The van der Waals surface area contributed by atoms with E-state index in [1.54, 1.807) is 30.3 Å². The van der Waals surface area contributed by atoms with Crippen LogP contribution >= 0.6 is 0 Å². The zero-order valence-corrected chi connectivity index (χ0v) is 11.6. The van der Waals surface area contributed by atoms with Crippen molar-refractivity contribution >= 4 is 5.97 Å². The maximum Gasteiger partial charge on any atom is 0.335 e. The van der Waals surface area contributed by atoms with Crippen molar-refractivity contribution in [3.8, 4) is 17.2 Å². The Labute approximate surface area is 122 Å². The minimum atomic E-state index is -0.991. The van der Waals surface area contributed by atoms with Gasteiger partial charge in [0.05, 0.1) is 11.1 Å². The number of aromatic carboxylic acids is 1. The highest BCUT2D eigenvalue weighted by Crippen LogP contribution is 2.29. The summed E-state index contributed by atoms with van der Waals surface area (Å²) in [6.07, 6.45) is 1.38. The van der Waals surface area contributed by atoms with Gasteiger partial charge in [0, 0.05) is 0 Å². The number of benzene rings is 2. The standard InChI is InChI=1S/C17H14FNO2/c1-2-4-14-13(5-3-6-15(14)17(20)21)11-7-8-12(10-19)16(18)9-11/h3,5-9H,2,4H2,1H3,(H,20,21). The van der Waals surface area contributed by atoms with Crippen LogP contribution in [-0.2, 0) is 6.42 Å². The van der Waals surface area contributed by atoms with E-state index in [1.165, 1.54) is 12.1 Å². The second-order valence-electron chi connectivity index (χ2n) is 4.69. The van der Waals surface area contributed by atoms with Crippen molar-refractivity contribution in [1.82, 2.24) is 0 Å². The molecule has 2 aromatic rings. The van der Waals surface area contributed by atoms with Crippen LogP contribution in [0.2, 0.25) is 0 Å². The lowest BCUT2D eigenvalue weighted by molar-refractivity contribution is 0.0695. The Balaban J connectivity index is 2.63. The van der Waals surface area contributed by atoms with E-state index >= 15 is 0 Å². The fourth-order valence-corrected chi connectivity index (χ4v) is 2.35. The quantitative estimate of drug-likeness (QED) is 0.922. The molecular formula is C17H14FNO2. The molecule has 0 amide bonds. The molecule has 0 aromatic heterocycles. The summed E-state index contributed by atoms with van der Waals surface area (Å²) < 4.78 is 13.8. The maximum absolute atomic E-state index is 13.8. The van der Waals surface area contributed by atoms with Crippen molar-refractivity contribution in [2.45, 2.75) is 19.8 Å². The third-order valence-electron chi connectivity index (χ3n) is 3.31. The summed E-state index contributed by atoms with van der Waals surface area (Å²) >= 11 is 0. The van der Waals surface area contributed by atoms with Gasteiger partial charge in [0.1, 0.15) is 11.9 Å². The first kappa shape index (κ1) is 14.7. The molecule has 4 heteroatoms. The lowest BCUT2D eigenvalue weighted by Gasteiger charge is -2.12. The van der Waals surface area contributed by atoms with Crippen LogP contribution in [0.15, 0.2) is 36.4 Å². The molecule has 21 heavy (non-hydrogen) atoms. The molecule has 0 aliphatic carbocycles. The third-order valence-corrected chi connectivity index (χ3v) is 3.31. The normalized spacial score (nSPS) is 10.1. The van der Waals surface area contributed by atoms with Crippen LogP contribution in [0.25, 0.3) is 11.1 Å². The van der Waals surface area contributed by atoms with Gasteiger partial charge in [-0.15, -0.1) is 0 Å². The first-order valence-corrected chi connectivity index (χ1v) is 6.63. The van der Waals surface area contributed by atoms with E-state index in [-0.39, 0.29) is 11.1 Å². The van der Waals surface area contributed by atoms with Crippen molar-refractivity contribution in [2.75, 3.05) is 0 Å². The predicted molar refractivity (Wildman–Crippen MR) is 77.5 cm³/mol. The van der Waals surface area contributed by atoms with E-state index in [0.29, 0.717) is 23.1 Å². The summed E-state index contributed by atoms with van der Waals surface area (Å²) in [5.41, 5.74) is 2.18. The van der Waals surface area contributed by atoms with Crippen molar-refractivity contribution in [3.63, 3.8) is 0 Å². The molecule has 0 saturated carbocycles. The van der Waals surface area contributed by atoms with Gasteiger partial charge in [-0.1, -0.05) is 31.5 Å². The highest BCUT2D eigenvalue weighted by molar-refractivity contribution is 5.92. The summed E-state index contributed by atoms with van der Waals surface area (Å²) in [6.45, 7) is 1.96. The number of nitrogens with zero attached hydrogens (tertiary/aromatic N) is 1. The number of rotatable bonds is 4. The van der Waals surface area contributed by atoms with E-state index < -0.39 is 11.8 Å². The number of hydrogen-bond donors (Lipinski definition) is 1. The van der Waals surface area contributed by atoms with Crippen LogP contribution in [-0.4, -0.2) is 11.1 Å². The molecule has 0 aliphatic heterocycles. The number of carboxylic acids is 1. The molecule has 0 fully saturated rings. The van der Waals surface area contributed by atoms with E-state index in [2.05, 4.69) is 0 Å². The van der Waals surface area contributed by atoms with Crippen molar-refractivity contribution < 1.29 is 14.3 Å². The van der Waals surface area contributed by atoms with Crippen LogP contribution < -0.4 is 0 Å². The van der Waals surface area contributed by atoms with Crippen LogP contribution in [0.1, 0.15) is 34.8 Å². The average Bonchev–Trinajstić information content (AvgIpc) is 2.47. The molecule has 1 N–H and O–H groups in total. The van der Waals surface area contributed by atoms with Crippen LogP contribution in [0.3, 0.4) is 0 Å². The molecule has 2 aromatic carbocycles. The van der Waals surface area contributed by atoms with E-state index in [9.17, 15) is 14.3 Å². The molecular weight excluding hydrogens is 269 g/mol. The number of halogens is 1. The van der Waals surface area contributed by atoms with Crippen LogP contribution in [0.5, 0.6) is 0 Å². The summed E-state index contributed by atoms with van der Waals surface area (Å²) in [5.74, 6) is -1.59. The largest absolute Gasteiger partial charge is 0.478 e. The molecule has 0 atom stereocenters. The first-order chi connectivity index (χ1) is 10.1. The predicted octanol–water partition coefficient (Wildman–Crippen LogP) is 4.02. The number of nitriles is 1. The molecule has 0 spiro atoms. The maximum atomic E-state index is 13.8. The molecule has 0 aliphatic rings. The van der Waals surface area contributed by atoms with E-state index in [1.807, 2.05) is 6.92 Å². The first-order valence-electron chi connectivity index (χ1n) is 6.63. The zero-order chi connectivity index (χ0) is 15.4. The number of carbonyl (C=O) groups is 1. The second kappa shape index (κ2) is 6.19. The Morgan fingerprint density at radius 1 is 1.33 bits per heavy atom. The summed E-state index contributed by atoms with van der Waals surface area (Å²) in [7, 11) is 0. The summed E-state index contributed by atoms with van der Waals surface area (Å²) in [5, 5.41) is 18.1. The van der Waals surface area contributed by atoms with Gasteiger partial charge in [-0.3, -0.25) is 0 Å². The zero-order valence-electron chi connectivity index (χ0n) is 11.6. The lowest BCUT2D eigenvalue weighted by Crippen LogP contribution is -2.04. The Hall–Kier alpha value is -2.67. The highest BCUT2D eigenvalue weighted by atomic mass is 19.1. The van der Waals surface area contributed by atoms with Gasteiger partial charge in [0.15, 0.2) is 0 Å². The van der Waals surface area contributed by atoms with E-state index in [4.69, 9.17) is 5.26 Å². The number of carboxylic acid groups (broad SMARTS) is 1. The van der Waals surface area contributed by atoms with Crippen molar-refractivity contribution in [2.24, 2.45) is 0 Å². The Morgan fingerprint density at radius 2 is 2.10 bits per heavy atom. The van der Waals surface area contributed by atoms with Crippen molar-refractivity contribution in [3.05, 3.63) is 58.9 Å². The summed E-state index contributed by atoms with van der Waals surface area (Å²) in [6, 6.07) is 11.1. The minimum absolute atomic E-state index is 0.0230. The Morgan fingerprint density at radius 3 is 2.67 bits per heavy atom. The molecule has 0 bridgehead atoms. The minimum Gasteiger partial charge on any atom is -0.478 e. The molecule has 106 valence electrons. The van der Waals surface area contributed by atoms with Gasteiger partial charge in [-0.05, 0) is 41.3 Å². The second-order valence-corrected chi connectivity index (χ2v) is 4.69. The fourth-order valence-electron chi connectivity index (χ4n) is 2.35. The molecule has 0 radical (unpaired) electrons. The number of hydrogen-bond acceptors (Lipinski definition) is 2. The van der Waals surface area contributed by atoms with Gasteiger partial charge in [0.25, 0.3) is 0 Å². The Bertz CT molecular complexity index is 732. The molecule has 3 nitrogen and oxygen atoms in total. The molecule has 0 unspecified atom stereocenters. The van der Waals surface area contributed by atoms with Crippen LogP contribution in [0, 0.1) is 17.1 Å². The van der Waals surface area contributed by atoms with Gasteiger partial charge in [-0.2, -0.15) is 5.26 Å². The smallest absolute Gasteiger partial charge is 0.335 e. The third kappa shape index (κ3) is 2.92. The van der Waals surface area contributed by atoms with Gasteiger partial charge in [-0.25, -0.2) is 9.18 Å². The van der Waals surface area contributed by atoms with Crippen LogP contribution in [0.4, 0.5) is 4.39 Å². The van der Waals surface area contributed by atoms with Gasteiger partial charge < -0.3 is 5.11 Å². The van der Waals surface area contributed by atoms with Gasteiger partial charge in [0.2, 0.25) is 0 Å². The topological polar surface area (TPSA) is 61.1 Å². The molecule has 0 saturated heterocycles. The van der Waals surface area contributed by atoms with Gasteiger partial charge >= 0.3 is 5.97 Å². The van der Waals surface area contributed by atoms with E-state index in [0.717, 1.165) is 6.42 Å². The summed E-state index contributed by atoms with van der Waals surface area (Å²) in [4.78, 5) is 11.3. The SMILES string of the molecule is CCCc1c(C(=O)O)cccc1-c1ccc(C#N)c(F)c1. The fraction of sp³-hybridized carbons (Fsp3) is 0.176. The monoisotopic (exact) mass is 283 g/mol. The molecule has 2 rings (SSSR count). The molecule has 0 heterocycles. The Kier molecular flexibility index (Phi) is 4.34. The highest BCUT2D eigenvalue weighted by Gasteiger charge is 2.15. The lowest BCUT2D eigenvalue weighted by atomic mass is 9.92.